The first kappa shape index (κ1) is 60.2. The Balaban J connectivity index is 3.77. The summed E-state index contributed by atoms with van der Waals surface area (Å²) in [7, 11) is 1.26. The van der Waals surface area contributed by atoms with Crippen molar-refractivity contribution in [1.29, 1.82) is 0 Å². The van der Waals surface area contributed by atoms with Crippen LogP contribution >= 0.6 is 7.82 Å². The molecular formula is C53H99N2O6P. The van der Waals surface area contributed by atoms with Crippen molar-refractivity contribution in [2.24, 2.45) is 0 Å². The fourth-order valence-electron chi connectivity index (χ4n) is 7.20. The maximum Gasteiger partial charge on any atom is 0.268 e. The van der Waals surface area contributed by atoms with Crippen molar-refractivity contribution in [3.63, 3.8) is 0 Å². The van der Waals surface area contributed by atoms with Crippen molar-refractivity contribution < 1.29 is 32.9 Å². The molecule has 0 spiro atoms. The summed E-state index contributed by atoms with van der Waals surface area (Å²) in [5.41, 5.74) is 0. The summed E-state index contributed by atoms with van der Waals surface area (Å²) in [5, 5.41) is 13.6. The number of carbonyl (C=O) groups excluding carboxylic acids is 1. The lowest BCUT2D eigenvalue weighted by atomic mass is 10.0. The molecule has 3 atom stereocenters. The minimum atomic E-state index is -4.57. The fourth-order valence-corrected chi connectivity index (χ4v) is 7.93. The Labute approximate surface area is 383 Å². The molecule has 8 nitrogen and oxygen atoms in total. The Bertz CT molecular complexity index is 1190. The van der Waals surface area contributed by atoms with E-state index in [0.717, 1.165) is 70.6 Å². The highest BCUT2D eigenvalue weighted by Gasteiger charge is 2.23. The highest BCUT2D eigenvalue weighted by Crippen LogP contribution is 2.38. The Morgan fingerprint density at radius 2 is 0.984 bits per heavy atom. The van der Waals surface area contributed by atoms with Crippen LogP contribution in [0.1, 0.15) is 219 Å². The Hall–Kier alpha value is -1.80. The average Bonchev–Trinajstić information content (AvgIpc) is 3.23. The molecule has 0 heterocycles. The van der Waals surface area contributed by atoms with Crippen LogP contribution < -0.4 is 10.2 Å². The number of allylic oxidation sites excluding steroid dienone is 9. The van der Waals surface area contributed by atoms with Crippen molar-refractivity contribution in [2.75, 3.05) is 40.9 Å². The van der Waals surface area contributed by atoms with E-state index >= 15 is 0 Å². The summed E-state index contributed by atoms with van der Waals surface area (Å²) in [6, 6.07) is -0.881. The van der Waals surface area contributed by atoms with Gasteiger partial charge in [0.25, 0.3) is 7.82 Å². The van der Waals surface area contributed by atoms with Crippen LogP contribution in [0.4, 0.5) is 0 Å². The molecule has 0 aliphatic heterocycles. The maximum atomic E-state index is 12.8. The molecule has 9 heteroatoms. The van der Waals surface area contributed by atoms with E-state index < -0.39 is 20.0 Å². The van der Waals surface area contributed by atoms with Gasteiger partial charge in [0.2, 0.25) is 5.91 Å². The molecule has 362 valence electrons. The van der Waals surface area contributed by atoms with E-state index in [9.17, 15) is 19.4 Å². The molecule has 0 aromatic rings. The third kappa shape index (κ3) is 46.2. The second kappa shape index (κ2) is 44.4. The van der Waals surface area contributed by atoms with Crippen LogP contribution in [-0.4, -0.2) is 68.5 Å². The first-order valence-electron chi connectivity index (χ1n) is 25.7. The molecule has 3 unspecified atom stereocenters. The molecule has 0 aromatic carbocycles. The number of carbonyl (C=O) groups is 1. The SMILES string of the molecule is CC/C=C\C/C=C\C/C=C\C/C=C\CCCCCCCCCCCCCCCCCCCCCCCCC(=O)NC(COP(=O)([O-])OCC[N+](C)(C)C)C(O)/C=C/CCCCC. The average molecular weight is 891 g/mol. The number of unbranched alkanes of at least 4 members (excludes halogenated alkanes) is 25. The number of nitrogens with one attached hydrogen (secondary N) is 1. The van der Waals surface area contributed by atoms with Gasteiger partial charge in [0, 0.05) is 6.42 Å². The number of amides is 1. The number of aliphatic hydroxyl groups is 1. The van der Waals surface area contributed by atoms with E-state index in [2.05, 4.69) is 67.8 Å². The van der Waals surface area contributed by atoms with Crippen LogP contribution in [0.5, 0.6) is 0 Å². The minimum Gasteiger partial charge on any atom is -0.756 e. The molecule has 0 aliphatic rings. The predicted molar refractivity (Wildman–Crippen MR) is 265 cm³/mol. The normalized spacial score (nSPS) is 14.6. The molecule has 0 rings (SSSR count). The zero-order valence-corrected chi connectivity index (χ0v) is 42.0. The Kier molecular flexibility index (Phi) is 43.1. The van der Waals surface area contributed by atoms with Crippen LogP contribution in [0.3, 0.4) is 0 Å². The number of nitrogens with zero attached hydrogens (tertiary/aromatic N) is 1. The smallest absolute Gasteiger partial charge is 0.268 e. The van der Waals surface area contributed by atoms with Crippen molar-refractivity contribution in [3.05, 3.63) is 60.8 Å². The molecule has 0 bridgehead atoms. The second-order valence-corrected chi connectivity index (χ2v) is 19.9. The van der Waals surface area contributed by atoms with Crippen molar-refractivity contribution in [1.82, 2.24) is 5.32 Å². The number of phosphoric acid groups is 1. The molecule has 0 aromatic heterocycles. The number of quaternary nitrogens is 1. The van der Waals surface area contributed by atoms with Crippen LogP contribution in [0.2, 0.25) is 0 Å². The largest absolute Gasteiger partial charge is 0.756 e. The summed E-state index contributed by atoms with van der Waals surface area (Å²) in [5.74, 6) is -0.204. The molecule has 0 fully saturated rings. The maximum absolute atomic E-state index is 12.8. The summed E-state index contributed by atoms with van der Waals surface area (Å²) in [4.78, 5) is 25.1. The van der Waals surface area contributed by atoms with E-state index in [1.165, 1.54) is 128 Å². The van der Waals surface area contributed by atoms with Gasteiger partial charge in [-0.2, -0.15) is 0 Å². The van der Waals surface area contributed by atoms with Gasteiger partial charge in [0.15, 0.2) is 0 Å². The second-order valence-electron chi connectivity index (χ2n) is 18.5. The van der Waals surface area contributed by atoms with E-state index in [0.29, 0.717) is 17.4 Å². The zero-order valence-electron chi connectivity index (χ0n) is 41.1. The van der Waals surface area contributed by atoms with Crippen molar-refractivity contribution >= 4 is 13.7 Å². The van der Waals surface area contributed by atoms with Gasteiger partial charge in [-0.05, 0) is 57.8 Å². The van der Waals surface area contributed by atoms with Crippen LogP contribution in [0.15, 0.2) is 60.8 Å². The van der Waals surface area contributed by atoms with Gasteiger partial charge in [0.1, 0.15) is 13.2 Å². The van der Waals surface area contributed by atoms with E-state index in [-0.39, 0.29) is 19.1 Å². The predicted octanol–water partition coefficient (Wildman–Crippen LogP) is 14.3. The van der Waals surface area contributed by atoms with Crippen molar-refractivity contribution in [3.8, 4) is 0 Å². The van der Waals surface area contributed by atoms with Crippen LogP contribution in [-0.2, 0) is 18.4 Å². The van der Waals surface area contributed by atoms with Gasteiger partial charge in [-0.3, -0.25) is 9.36 Å². The molecule has 0 radical (unpaired) electrons. The van der Waals surface area contributed by atoms with Gasteiger partial charge in [-0.1, -0.05) is 216 Å². The van der Waals surface area contributed by atoms with Gasteiger partial charge < -0.3 is 28.8 Å². The summed E-state index contributed by atoms with van der Waals surface area (Å²) >= 11 is 0. The highest BCUT2D eigenvalue weighted by molar-refractivity contribution is 7.45. The van der Waals surface area contributed by atoms with E-state index in [1.54, 1.807) is 6.08 Å². The number of likely N-dealkylation sites (N-methyl/N-ethyl adjacent to an activating group) is 1. The van der Waals surface area contributed by atoms with Gasteiger partial charge >= 0.3 is 0 Å². The molecular weight excluding hydrogens is 792 g/mol. The van der Waals surface area contributed by atoms with Crippen LogP contribution in [0, 0.1) is 0 Å². The standard InChI is InChI=1S/C53H99N2O6P/c1-6-8-10-12-13-14-15-16-17-18-19-20-21-22-23-24-25-26-27-28-29-30-31-32-33-34-35-36-37-38-39-40-41-43-45-47-53(57)54-51(52(56)46-44-42-11-9-7-2)50-61-62(58,59)60-49-48-55(3,4)5/h8,10,13-14,16-17,19-20,44,46,51-52,56H,6-7,9,11-12,15,18,21-43,45,47-50H2,1-5H3,(H-,54,57,58,59)/b10-8-,14-13-,17-16-,20-19-,46-44+. The van der Waals surface area contributed by atoms with Gasteiger partial charge in [0.05, 0.1) is 39.9 Å². The number of phosphoric ester groups is 1. The number of rotatable bonds is 46. The third-order valence-electron chi connectivity index (χ3n) is 11.2. The quantitative estimate of drug-likeness (QED) is 0.0273. The Morgan fingerprint density at radius 1 is 0.581 bits per heavy atom. The fraction of sp³-hybridized carbons (Fsp3) is 0.792. The first-order valence-corrected chi connectivity index (χ1v) is 27.1. The molecule has 2 N–H and O–H groups in total. The lowest BCUT2D eigenvalue weighted by molar-refractivity contribution is -0.870. The van der Waals surface area contributed by atoms with E-state index in [4.69, 9.17) is 9.05 Å². The topological polar surface area (TPSA) is 108 Å². The lowest BCUT2D eigenvalue weighted by Gasteiger charge is -2.29. The van der Waals surface area contributed by atoms with Crippen molar-refractivity contribution in [2.45, 2.75) is 231 Å². The molecule has 0 aliphatic carbocycles. The van der Waals surface area contributed by atoms with Gasteiger partial charge in [-0.25, -0.2) is 0 Å². The first-order chi connectivity index (χ1) is 30.0. The summed E-state index contributed by atoms with van der Waals surface area (Å²) in [6.45, 7) is 4.42. The highest BCUT2D eigenvalue weighted by atomic mass is 31.2. The third-order valence-corrected chi connectivity index (χ3v) is 12.2. The summed E-state index contributed by atoms with van der Waals surface area (Å²) < 4.78 is 23.0. The monoisotopic (exact) mass is 891 g/mol. The number of hydrogen-bond donors (Lipinski definition) is 2. The van der Waals surface area contributed by atoms with E-state index in [1.807, 2.05) is 27.2 Å². The van der Waals surface area contributed by atoms with Gasteiger partial charge in [-0.15, -0.1) is 0 Å². The summed E-state index contributed by atoms with van der Waals surface area (Å²) in [6.07, 6.45) is 59.3. The zero-order chi connectivity index (χ0) is 45.7. The number of hydrogen-bond acceptors (Lipinski definition) is 6. The lowest BCUT2D eigenvalue weighted by Crippen LogP contribution is -2.45. The van der Waals surface area contributed by atoms with Crippen LogP contribution in [0.25, 0.3) is 0 Å². The number of aliphatic hydroxyl groups excluding tert-OH is 1. The molecule has 0 saturated carbocycles. The molecule has 1 amide bonds. The molecule has 62 heavy (non-hydrogen) atoms. The minimum absolute atomic E-state index is 0.00191. The molecule has 0 saturated heterocycles. The Morgan fingerprint density at radius 3 is 1.44 bits per heavy atom.